The minimum absolute atomic E-state index is 0.00485. The molecule has 0 aliphatic carbocycles. The zero-order chi connectivity index (χ0) is 14.6. The molecular formula is C11H9F5O3. The van der Waals surface area contributed by atoms with Crippen LogP contribution in [0.15, 0.2) is 18.2 Å². The molecule has 0 aliphatic heterocycles. The van der Waals surface area contributed by atoms with Crippen molar-refractivity contribution in [3.05, 3.63) is 29.3 Å². The van der Waals surface area contributed by atoms with Gasteiger partial charge >= 0.3 is 12.3 Å². The molecule has 19 heavy (non-hydrogen) atoms. The Balaban J connectivity index is 3.14. The van der Waals surface area contributed by atoms with Crippen molar-refractivity contribution in [2.45, 2.75) is 19.7 Å². The van der Waals surface area contributed by atoms with Crippen LogP contribution in [0.2, 0.25) is 0 Å². The molecule has 1 aromatic rings. The quantitative estimate of drug-likeness (QED) is 0.624. The molecule has 3 nitrogen and oxygen atoms in total. The summed E-state index contributed by atoms with van der Waals surface area (Å²) >= 11 is 0. The maximum Gasteiger partial charge on any atom is 0.573 e. The van der Waals surface area contributed by atoms with Crippen molar-refractivity contribution in [2.24, 2.45) is 0 Å². The van der Waals surface area contributed by atoms with E-state index in [2.05, 4.69) is 9.47 Å². The summed E-state index contributed by atoms with van der Waals surface area (Å²) in [7, 11) is 0. The van der Waals surface area contributed by atoms with Crippen LogP contribution in [0.5, 0.6) is 5.75 Å². The van der Waals surface area contributed by atoms with E-state index in [0.717, 1.165) is 6.07 Å². The molecule has 0 spiro atoms. The summed E-state index contributed by atoms with van der Waals surface area (Å²) in [6.07, 6.45) is -8.29. The first kappa shape index (κ1) is 15.2. The summed E-state index contributed by atoms with van der Waals surface area (Å²) in [5.74, 6) is -2.04. The van der Waals surface area contributed by atoms with Gasteiger partial charge in [-0.15, -0.1) is 13.2 Å². The molecule has 8 heteroatoms. The minimum atomic E-state index is -5.13. The lowest BCUT2D eigenvalue weighted by atomic mass is 10.1. The lowest BCUT2D eigenvalue weighted by Gasteiger charge is -2.14. The number of rotatable bonds is 4. The van der Waals surface area contributed by atoms with E-state index in [9.17, 15) is 26.7 Å². The highest BCUT2D eigenvalue weighted by Crippen LogP contribution is 2.33. The van der Waals surface area contributed by atoms with Crippen molar-refractivity contribution >= 4 is 5.97 Å². The summed E-state index contributed by atoms with van der Waals surface area (Å²) in [5, 5.41) is 0. The van der Waals surface area contributed by atoms with Gasteiger partial charge in [0.05, 0.1) is 17.7 Å². The Bertz CT molecular complexity index is 456. The third-order valence-electron chi connectivity index (χ3n) is 1.99. The van der Waals surface area contributed by atoms with E-state index in [0.29, 0.717) is 12.1 Å². The Morgan fingerprint density at radius 2 is 1.95 bits per heavy atom. The number of esters is 1. The van der Waals surface area contributed by atoms with Crippen molar-refractivity contribution in [3.63, 3.8) is 0 Å². The van der Waals surface area contributed by atoms with Crippen LogP contribution in [-0.4, -0.2) is 18.9 Å². The molecule has 0 unspecified atom stereocenters. The average molecular weight is 284 g/mol. The van der Waals surface area contributed by atoms with E-state index in [-0.39, 0.29) is 12.2 Å². The summed E-state index contributed by atoms with van der Waals surface area (Å²) in [4.78, 5) is 11.3. The van der Waals surface area contributed by atoms with Crippen LogP contribution in [0.1, 0.15) is 29.3 Å². The Hall–Kier alpha value is -1.86. The lowest BCUT2D eigenvalue weighted by molar-refractivity contribution is -0.275. The van der Waals surface area contributed by atoms with Crippen molar-refractivity contribution in [1.29, 1.82) is 0 Å². The number of carbonyl (C=O) groups excluding carboxylic acids is 1. The van der Waals surface area contributed by atoms with E-state index in [1.807, 2.05) is 0 Å². The van der Waals surface area contributed by atoms with Gasteiger partial charge in [-0.1, -0.05) is 0 Å². The first-order valence-corrected chi connectivity index (χ1v) is 5.09. The van der Waals surface area contributed by atoms with Crippen LogP contribution < -0.4 is 4.74 Å². The van der Waals surface area contributed by atoms with Crippen LogP contribution in [-0.2, 0) is 4.74 Å². The fraction of sp³-hybridized carbons (Fsp3) is 0.364. The zero-order valence-electron chi connectivity index (χ0n) is 9.63. The standard InChI is InChI=1S/C11H9F5O3/c1-2-18-10(17)6-3-4-7(9(12)13)8(5-6)19-11(14,15)16/h3-5,9H,2H2,1H3. The highest BCUT2D eigenvalue weighted by molar-refractivity contribution is 5.90. The molecule has 0 heterocycles. The van der Waals surface area contributed by atoms with Gasteiger partial charge in [0.2, 0.25) is 0 Å². The third kappa shape index (κ3) is 4.38. The number of ether oxygens (including phenoxy) is 2. The van der Waals surface area contributed by atoms with Crippen molar-refractivity contribution in [2.75, 3.05) is 6.61 Å². The zero-order valence-corrected chi connectivity index (χ0v) is 9.63. The highest BCUT2D eigenvalue weighted by Gasteiger charge is 2.33. The molecule has 0 fully saturated rings. The fourth-order valence-electron chi connectivity index (χ4n) is 1.27. The first-order valence-electron chi connectivity index (χ1n) is 5.09. The third-order valence-corrected chi connectivity index (χ3v) is 1.99. The van der Waals surface area contributed by atoms with Gasteiger partial charge < -0.3 is 9.47 Å². The molecule has 0 saturated carbocycles. The number of alkyl halides is 5. The van der Waals surface area contributed by atoms with E-state index in [1.165, 1.54) is 6.92 Å². The molecule has 0 atom stereocenters. The van der Waals surface area contributed by atoms with Crippen LogP contribution in [0.25, 0.3) is 0 Å². The molecule has 0 aromatic heterocycles. The smallest absolute Gasteiger partial charge is 0.462 e. The molecule has 1 aromatic carbocycles. The van der Waals surface area contributed by atoms with Gasteiger partial charge in [0.15, 0.2) is 0 Å². The second-order valence-electron chi connectivity index (χ2n) is 3.32. The fourth-order valence-corrected chi connectivity index (χ4v) is 1.27. The number of benzene rings is 1. The highest BCUT2D eigenvalue weighted by atomic mass is 19.4. The normalized spacial score (nSPS) is 11.5. The van der Waals surface area contributed by atoms with Crippen molar-refractivity contribution in [3.8, 4) is 5.75 Å². The maximum atomic E-state index is 12.5. The molecule has 0 saturated heterocycles. The predicted octanol–water partition coefficient (Wildman–Crippen LogP) is 3.70. The first-order chi connectivity index (χ1) is 8.74. The summed E-state index contributed by atoms with van der Waals surface area (Å²) in [6.45, 7) is 1.50. The second-order valence-corrected chi connectivity index (χ2v) is 3.32. The predicted molar refractivity (Wildman–Crippen MR) is 54.0 cm³/mol. The van der Waals surface area contributed by atoms with Crippen LogP contribution in [0.4, 0.5) is 22.0 Å². The van der Waals surface area contributed by atoms with Gasteiger partial charge in [-0.3, -0.25) is 0 Å². The SMILES string of the molecule is CCOC(=O)c1ccc(C(F)F)c(OC(F)(F)F)c1. The van der Waals surface area contributed by atoms with E-state index >= 15 is 0 Å². The molecule has 0 N–H and O–H groups in total. The molecule has 0 aliphatic rings. The van der Waals surface area contributed by atoms with Gasteiger partial charge in [0.1, 0.15) is 5.75 Å². The minimum Gasteiger partial charge on any atom is -0.462 e. The second kappa shape index (κ2) is 5.85. The lowest BCUT2D eigenvalue weighted by Crippen LogP contribution is -2.18. The summed E-state index contributed by atoms with van der Waals surface area (Å²) in [5.41, 5.74) is -1.25. The van der Waals surface area contributed by atoms with E-state index < -0.39 is 30.1 Å². The van der Waals surface area contributed by atoms with Crippen LogP contribution in [0.3, 0.4) is 0 Å². The Morgan fingerprint density at radius 3 is 2.42 bits per heavy atom. The number of carbonyl (C=O) groups is 1. The van der Waals surface area contributed by atoms with Crippen molar-refractivity contribution in [1.82, 2.24) is 0 Å². The molecule has 0 amide bonds. The number of hydrogen-bond donors (Lipinski definition) is 0. The summed E-state index contributed by atoms with van der Waals surface area (Å²) in [6, 6.07) is 2.22. The van der Waals surface area contributed by atoms with E-state index in [1.54, 1.807) is 0 Å². The van der Waals surface area contributed by atoms with Gasteiger partial charge in [-0.05, 0) is 25.1 Å². The topological polar surface area (TPSA) is 35.5 Å². The average Bonchev–Trinajstić information content (AvgIpc) is 2.26. The molecule has 106 valence electrons. The van der Waals surface area contributed by atoms with Gasteiger partial charge in [-0.25, -0.2) is 13.6 Å². The molecule has 0 bridgehead atoms. The Labute approximate surface area is 104 Å². The molecular weight excluding hydrogens is 275 g/mol. The van der Waals surface area contributed by atoms with Gasteiger partial charge in [-0.2, -0.15) is 0 Å². The largest absolute Gasteiger partial charge is 0.573 e. The van der Waals surface area contributed by atoms with Crippen LogP contribution >= 0.6 is 0 Å². The van der Waals surface area contributed by atoms with Crippen LogP contribution in [0, 0.1) is 0 Å². The van der Waals surface area contributed by atoms with Crippen molar-refractivity contribution < 1.29 is 36.2 Å². The van der Waals surface area contributed by atoms with Gasteiger partial charge in [0.25, 0.3) is 6.43 Å². The monoisotopic (exact) mass is 284 g/mol. The van der Waals surface area contributed by atoms with Gasteiger partial charge in [0, 0.05) is 0 Å². The number of hydrogen-bond acceptors (Lipinski definition) is 3. The maximum absolute atomic E-state index is 12.5. The molecule has 0 radical (unpaired) electrons. The Morgan fingerprint density at radius 1 is 1.32 bits per heavy atom. The number of halogens is 5. The molecule has 1 rings (SSSR count). The Kier molecular flexibility index (Phi) is 4.68. The van der Waals surface area contributed by atoms with E-state index in [4.69, 9.17) is 0 Å². The summed E-state index contributed by atoms with van der Waals surface area (Å²) < 4.78 is 69.3.